The second kappa shape index (κ2) is 9.67. The number of rotatable bonds is 9. The van der Waals surface area contributed by atoms with Crippen LogP contribution in [0.2, 0.25) is 0 Å². The highest BCUT2D eigenvalue weighted by molar-refractivity contribution is 5.64. The van der Waals surface area contributed by atoms with Crippen LogP contribution in [0.1, 0.15) is 57.9 Å². The number of hydrogen-bond donors (Lipinski definition) is 0. The molecule has 2 aromatic carbocycles. The average Bonchev–Trinajstić information content (AvgIpc) is 2.64. The lowest BCUT2D eigenvalue weighted by molar-refractivity contribution is 0.0917. The highest BCUT2D eigenvalue weighted by Crippen LogP contribution is 2.32. The van der Waals surface area contributed by atoms with E-state index >= 15 is 0 Å². The Kier molecular flexibility index (Phi) is 7.23. The Bertz CT molecular complexity index is 821. The molecule has 3 rings (SSSR count). The molecule has 2 unspecified atom stereocenters. The number of halogens is 2. The fraction of sp³-hybridized carbons (Fsp3) is 0.462. The van der Waals surface area contributed by atoms with E-state index < -0.39 is 11.6 Å². The molecule has 0 radical (unpaired) electrons. The highest BCUT2D eigenvalue weighted by atomic mass is 19.1. The maximum absolute atomic E-state index is 14.0. The maximum Gasteiger partial charge on any atom is 0.133 e. The highest BCUT2D eigenvalue weighted by Gasteiger charge is 2.31. The summed E-state index contributed by atoms with van der Waals surface area (Å²) >= 11 is 0. The van der Waals surface area contributed by atoms with Crippen LogP contribution in [0, 0.1) is 17.6 Å². The van der Waals surface area contributed by atoms with Crippen LogP contribution in [-0.2, 0) is 0 Å². The molecule has 1 saturated heterocycles. The summed E-state index contributed by atoms with van der Waals surface area (Å²) in [5.41, 5.74) is 3.82. The van der Waals surface area contributed by atoms with Crippen molar-refractivity contribution in [1.82, 2.24) is 4.90 Å². The molecule has 0 spiro atoms. The van der Waals surface area contributed by atoms with Gasteiger partial charge in [0.05, 0.1) is 0 Å². The van der Waals surface area contributed by atoms with Gasteiger partial charge in [-0.2, -0.15) is 0 Å². The molecule has 3 heteroatoms. The van der Waals surface area contributed by atoms with E-state index in [2.05, 4.69) is 44.4 Å². The Balaban J connectivity index is 1.47. The van der Waals surface area contributed by atoms with Crippen molar-refractivity contribution in [2.75, 3.05) is 13.1 Å². The summed E-state index contributed by atoms with van der Waals surface area (Å²) in [7, 11) is 0. The molecule has 0 aliphatic carbocycles. The van der Waals surface area contributed by atoms with Crippen molar-refractivity contribution in [3.8, 4) is 11.1 Å². The molecule has 156 valence electrons. The van der Waals surface area contributed by atoms with Crippen molar-refractivity contribution in [2.24, 2.45) is 5.92 Å². The summed E-state index contributed by atoms with van der Waals surface area (Å²) in [5, 5.41) is 0. The van der Waals surface area contributed by atoms with Crippen molar-refractivity contribution in [1.29, 1.82) is 0 Å². The van der Waals surface area contributed by atoms with Crippen molar-refractivity contribution >= 4 is 0 Å². The van der Waals surface area contributed by atoms with Gasteiger partial charge in [0.1, 0.15) is 11.6 Å². The van der Waals surface area contributed by atoms with Crippen LogP contribution in [0.3, 0.4) is 0 Å². The molecular formula is C26H33F2N. The average molecular weight is 398 g/mol. The molecule has 1 fully saturated rings. The van der Waals surface area contributed by atoms with Crippen LogP contribution in [0.4, 0.5) is 8.78 Å². The van der Waals surface area contributed by atoms with E-state index in [9.17, 15) is 8.78 Å². The van der Waals surface area contributed by atoms with Gasteiger partial charge < -0.3 is 0 Å². The molecule has 1 heterocycles. The number of nitrogens with zero attached hydrogens (tertiary/aromatic N) is 1. The third kappa shape index (κ3) is 5.76. The van der Waals surface area contributed by atoms with Crippen molar-refractivity contribution in [3.63, 3.8) is 0 Å². The van der Waals surface area contributed by atoms with Crippen LogP contribution in [0.15, 0.2) is 54.6 Å². The fourth-order valence-electron chi connectivity index (χ4n) is 4.09. The first-order chi connectivity index (χ1) is 13.8. The first-order valence-electron chi connectivity index (χ1n) is 10.8. The van der Waals surface area contributed by atoms with Crippen LogP contribution in [0.5, 0.6) is 0 Å². The molecule has 0 bridgehead atoms. The zero-order valence-electron chi connectivity index (χ0n) is 17.9. The molecule has 0 N–H and O–H groups in total. The van der Waals surface area contributed by atoms with Gasteiger partial charge in [0.2, 0.25) is 0 Å². The summed E-state index contributed by atoms with van der Waals surface area (Å²) in [6.07, 6.45) is 4.89. The van der Waals surface area contributed by atoms with Crippen molar-refractivity contribution in [3.05, 3.63) is 71.8 Å². The second-order valence-corrected chi connectivity index (χ2v) is 8.92. The Hall–Kier alpha value is -2.00. The summed E-state index contributed by atoms with van der Waals surface area (Å²) in [6, 6.07) is 12.4. The smallest absolute Gasteiger partial charge is 0.133 e. The monoisotopic (exact) mass is 397 g/mol. The molecule has 0 aromatic heterocycles. The number of allylic oxidation sites excluding steroid dienone is 1. The van der Waals surface area contributed by atoms with Crippen LogP contribution in [-0.4, -0.2) is 24.0 Å². The Morgan fingerprint density at radius 1 is 1.03 bits per heavy atom. The Labute approximate surface area is 174 Å². The molecular weight excluding hydrogens is 364 g/mol. The minimum atomic E-state index is -0.545. The Morgan fingerprint density at radius 2 is 1.72 bits per heavy atom. The van der Waals surface area contributed by atoms with Crippen LogP contribution >= 0.6 is 0 Å². The topological polar surface area (TPSA) is 3.24 Å². The van der Waals surface area contributed by atoms with Gasteiger partial charge in [-0.25, -0.2) is 8.78 Å². The lowest BCUT2D eigenvalue weighted by atomic mass is 9.87. The molecule has 2 atom stereocenters. The number of hydrogen-bond acceptors (Lipinski definition) is 1. The molecule has 0 amide bonds. The van der Waals surface area contributed by atoms with Gasteiger partial charge in [-0.1, -0.05) is 36.8 Å². The van der Waals surface area contributed by atoms with E-state index in [-0.39, 0.29) is 0 Å². The van der Waals surface area contributed by atoms with E-state index in [0.29, 0.717) is 17.5 Å². The first kappa shape index (κ1) is 21.7. The molecule has 1 aliphatic heterocycles. The zero-order chi connectivity index (χ0) is 21.0. The zero-order valence-corrected chi connectivity index (χ0v) is 17.9. The van der Waals surface area contributed by atoms with Gasteiger partial charge >= 0.3 is 0 Å². The van der Waals surface area contributed by atoms with Crippen molar-refractivity contribution < 1.29 is 8.78 Å². The minimum absolute atomic E-state index is 0.447. The van der Waals surface area contributed by atoms with Gasteiger partial charge in [0, 0.05) is 36.7 Å². The normalized spacial score (nSPS) is 17.0. The van der Waals surface area contributed by atoms with Gasteiger partial charge in [0.15, 0.2) is 0 Å². The lowest BCUT2D eigenvalue weighted by Crippen LogP contribution is -2.49. The Morgan fingerprint density at radius 3 is 2.34 bits per heavy atom. The third-order valence-electron chi connectivity index (χ3n) is 6.30. The predicted molar refractivity (Wildman–Crippen MR) is 118 cm³/mol. The van der Waals surface area contributed by atoms with Gasteiger partial charge in [0.25, 0.3) is 0 Å². The first-order valence-corrected chi connectivity index (χ1v) is 10.8. The van der Waals surface area contributed by atoms with Crippen LogP contribution in [0.25, 0.3) is 11.1 Å². The summed E-state index contributed by atoms with van der Waals surface area (Å²) in [6.45, 7) is 13.0. The quantitative estimate of drug-likeness (QED) is 0.405. The van der Waals surface area contributed by atoms with E-state index in [0.717, 1.165) is 37.1 Å². The van der Waals surface area contributed by atoms with Crippen LogP contribution < -0.4 is 0 Å². The third-order valence-corrected chi connectivity index (χ3v) is 6.30. The molecule has 1 aliphatic rings. The summed E-state index contributed by atoms with van der Waals surface area (Å²) in [4.78, 5) is 2.56. The largest absolute Gasteiger partial charge is 0.299 e. The fourth-order valence-corrected chi connectivity index (χ4v) is 4.09. The minimum Gasteiger partial charge on any atom is -0.299 e. The predicted octanol–water partition coefficient (Wildman–Crippen LogP) is 7.19. The lowest BCUT2D eigenvalue weighted by Gasteiger charge is -2.44. The molecule has 29 heavy (non-hydrogen) atoms. The maximum atomic E-state index is 14.0. The second-order valence-electron chi connectivity index (χ2n) is 8.92. The van der Waals surface area contributed by atoms with E-state index in [1.54, 1.807) is 0 Å². The van der Waals surface area contributed by atoms with E-state index in [4.69, 9.17) is 0 Å². The molecule has 1 nitrogen and oxygen atoms in total. The van der Waals surface area contributed by atoms with E-state index in [1.807, 2.05) is 12.1 Å². The van der Waals surface area contributed by atoms with E-state index in [1.165, 1.54) is 42.5 Å². The molecule has 2 aromatic rings. The van der Waals surface area contributed by atoms with Gasteiger partial charge in [-0.15, -0.1) is 6.58 Å². The van der Waals surface area contributed by atoms with Gasteiger partial charge in [-0.3, -0.25) is 4.90 Å². The standard InChI is InChI=1S/C26H33F2N/c1-18(2)5-6-19(3)7-8-20(4)29-16-23(17-29)21-9-11-22(12-10-21)25-14-13-24(27)15-26(25)28/h9-15,19-20,23H,1,5-8,16-17H2,2-4H3. The molecule has 0 saturated carbocycles. The SMILES string of the molecule is C=C(C)CCC(C)CCC(C)N1CC(c2ccc(-c3ccc(F)cc3F)cc2)C1. The van der Waals surface area contributed by atoms with Crippen molar-refractivity contribution in [2.45, 2.75) is 58.4 Å². The van der Waals surface area contributed by atoms with Gasteiger partial charge in [-0.05, 0) is 68.7 Å². The summed E-state index contributed by atoms with van der Waals surface area (Å²) in [5.74, 6) is 0.242. The number of benzene rings is 2. The number of likely N-dealkylation sites (tertiary alicyclic amines) is 1. The summed E-state index contributed by atoms with van der Waals surface area (Å²) < 4.78 is 27.1.